The molecule has 1 saturated carbocycles. The first-order valence-electron chi connectivity index (χ1n) is 20.0. The lowest BCUT2D eigenvalue weighted by Crippen LogP contribution is -2.48. The summed E-state index contributed by atoms with van der Waals surface area (Å²) in [5, 5.41) is 0. The largest absolute Gasteiger partial charge is 0.376 e. The van der Waals surface area contributed by atoms with Crippen LogP contribution >= 0.6 is 0 Å². The van der Waals surface area contributed by atoms with E-state index in [-0.39, 0.29) is 5.60 Å². The molecule has 0 radical (unpaired) electrons. The van der Waals surface area contributed by atoms with Gasteiger partial charge in [-0.05, 0) is 97.5 Å². The Bertz CT molecular complexity index is 1580. The molecule has 1 fully saturated rings. The third-order valence-corrected chi connectivity index (χ3v) is 19.1. The van der Waals surface area contributed by atoms with E-state index in [0.717, 1.165) is 12.1 Å². The highest BCUT2D eigenvalue weighted by atomic mass is 28.3. The van der Waals surface area contributed by atoms with Crippen LogP contribution in [0.1, 0.15) is 120 Å². The Labute approximate surface area is 299 Å². The molecule has 1 heterocycles. The van der Waals surface area contributed by atoms with Crippen LogP contribution in [0.4, 0.5) is 5.69 Å². The summed E-state index contributed by atoms with van der Waals surface area (Å²) in [6, 6.07) is 21.0. The predicted octanol–water partition coefficient (Wildman–Crippen LogP) is 12.5. The van der Waals surface area contributed by atoms with Gasteiger partial charge in [-0.25, -0.2) is 0 Å². The molecule has 49 heavy (non-hydrogen) atoms. The van der Waals surface area contributed by atoms with Crippen LogP contribution in [0.25, 0.3) is 0 Å². The van der Waals surface area contributed by atoms with Gasteiger partial charge >= 0.3 is 0 Å². The van der Waals surface area contributed by atoms with Gasteiger partial charge in [0.2, 0.25) is 0 Å². The summed E-state index contributed by atoms with van der Waals surface area (Å²) in [5.74, 6) is 3.08. The SMILES string of the molecule is CCCCCCC1=CC2C(C=C1)C1C=CC=CC1C2[Si](C)(CCCCCCOC(C)(C)C)C1c2ccccc2C2C1c1ccccc1N2C. The molecule has 7 rings (SSSR count). The molecule has 5 aliphatic rings. The van der Waals surface area contributed by atoms with Crippen LogP contribution in [0.5, 0.6) is 0 Å². The molecule has 0 spiro atoms. The van der Waals surface area contributed by atoms with Crippen molar-refractivity contribution in [3.8, 4) is 0 Å². The van der Waals surface area contributed by atoms with E-state index in [2.05, 4.69) is 137 Å². The molecule has 262 valence electrons. The van der Waals surface area contributed by atoms with Gasteiger partial charge in [0.15, 0.2) is 0 Å². The smallest absolute Gasteiger partial charge is 0.0634 e. The van der Waals surface area contributed by atoms with Gasteiger partial charge in [0.25, 0.3) is 0 Å². The van der Waals surface area contributed by atoms with Gasteiger partial charge in [-0.2, -0.15) is 0 Å². The molecule has 1 aliphatic heterocycles. The number of hydrogen-bond donors (Lipinski definition) is 0. The van der Waals surface area contributed by atoms with E-state index in [1.54, 1.807) is 22.3 Å². The van der Waals surface area contributed by atoms with Crippen molar-refractivity contribution in [1.82, 2.24) is 0 Å². The first-order chi connectivity index (χ1) is 23.7. The Morgan fingerprint density at radius 2 is 1.41 bits per heavy atom. The fourth-order valence-electron chi connectivity index (χ4n) is 11.3. The summed E-state index contributed by atoms with van der Waals surface area (Å²) in [7, 11) is 0.344. The van der Waals surface area contributed by atoms with Crippen LogP contribution < -0.4 is 4.90 Å². The van der Waals surface area contributed by atoms with Crippen molar-refractivity contribution in [1.29, 1.82) is 0 Å². The Balaban J connectivity index is 1.27. The highest BCUT2D eigenvalue weighted by molar-refractivity contribution is 6.82. The van der Waals surface area contributed by atoms with Gasteiger partial charge in [0.05, 0.1) is 19.7 Å². The lowest BCUT2D eigenvalue weighted by Gasteiger charge is -2.47. The Kier molecular flexibility index (Phi) is 10.3. The fourth-order valence-corrected chi connectivity index (χ4v) is 17.9. The van der Waals surface area contributed by atoms with Gasteiger partial charge < -0.3 is 9.64 Å². The molecule has 0 amide bonds. The van der Waals surface area contributed by atoms with Crippen LogP contribution in [0.15, 0.2) is 96.6 Å². The first-order valence-corrected chi connectivity index (χ1v) is 22.9. The van der Waals surface area contributed by atoms with Crippen LogP contribution in [0.2, 0.25) is 18.1 Å². The number of ether oxygens (including phenoxy) is 1. The van der Waals surface area contributed by atoms with Gasteiger partial charge in [-0.15, -0.1) is 0 Å². The maximum absolute atomic E-state index is 6.12. The third-order valence-electron chi connectivity index (χ3n) is 13.3. The van der Waals surface area contributed by atoms with E-state index in [1.807, 2.05) is 0 Å². The number of likely N-dealkylation sites (N-methyl/N-ethyl adjacent to an activating group) is 1. The normalized spacial score (nSPS) is 30.4. The highest BCUT2D eigenvalue weighted by Gasteiger charge is 2.62. The van der Waals surface area contributed by atoms with Crippen molar-refractivity contribution in [3.05, 3.63) is 113 Å². The zero-order valence-corrected chi connectivity index (χ0v) is 32.4. The van der Waals surface area contributed by atoms with Crippen molar-refractivity contribution >= 4 is 13.8 Å². The zero-order chi connectivity index (χ0) is 34.2. The summed E-state index contributed by atoms with van der Waals surface area (Å²) >= 11 is 0. The second kappa shape index (κ2) is 14.5. The van der Waals surface area contributed by atoms with Crippen LogP contribution in [-0.4, -0.2) is 27.3 Å². The number of anilines is 1. The minimum atomic E-state index is -2.03. The molecule has 0 N–H and O–H groups in total. The van der Waals surface area contributed by atoms with Gasteiger partial charge in [0.1, 0.15) is 0 Å². The lowest BCUT2D eigenvalue weighted by molar-refractivity contribution is -0.00471. The number of para-hydroxylation sites is 1. The van der Waals surface area contributed by atoms with Crippen molar-refractivity contribution in [3.63, 3.8) is 0 Å². The molecule has 0 saturated heterocycles. The second-order valence-corrected chi connectivity index (χ2v) is 22.2. The zero-order valence-electron chi connectivity index (χ0n) is 31.4. The maximum atomic E-state index is 6.12. The highest BCUT2D eigenvalue weighted by Crippen LogP contribution is 2.69. The Morgan fingerprint density at radius 3 is 2.18 bits per heavy atom. The number of benzene rings is 2. The summed E-state index contributed by atoms with van der Waals surface area (Å²) in [6.07, 6.45) is 29.8. The molecule has 2 aromatic carbocycles. The summed E-state index contributed by atoms with van der Waals surface area (Å²) in [4.78, 5) is 2.64. The number of fused-ring (bicyclic) bond motifs is 8. The van der Waals surface area contributed by atoms with E-state index in [0.29, 0.717) is 41.2 Å². The standard InChI is InChI=1S/C46H63NOSi/c1-7-8-9-12-21-33-28-29-35-34-22-13-15-24-37(34)44(40(35)32-33)49(6,31-20-11-10-19-30-48-46(2,3)4)45-38-25-16-14-23-36(38)43-42(45)39-26-17-18-27-41(39)47(43)5/h13-18,22-29,32,34-35,37,40,42-45H,7-12,19-21,30-31H2,1-6H3. The Morgan fingerprint density at radius 1 is 0.735 bits per heavy atom. The van der Waals surface area contributed by atoms with E-state index in [1.165, 1.54) is 69.5 Å². The summed E-state index contributed by atoms with van der Waals surface area (Å²) in [6.45, 7) is 12.7. The van der Waals surface area contributed by atoms with Crippen LogP contribution in [0.3, 0.4) is 0 Å². The van der Waals surface area contributed by atoms with Crippen LogP contribution in [0, 0.1) is 23.7 Å². The first kappa shape index (κ1) is 34.8. The molecule has 0 aromatic heterocycles. The predicted molar refractivity (Wildman–Crippen MR) is 212 cm³/mol. The number of unbranched alkanes of at least 4 members (excludes halogenated alkanes) is 6. The molecule has 0 bridgehead atoms. The maximum Gasteiger partial charge on any atom is 0.0634 e. The van der Waals surface area contributed by atoms with E-state index >= 15 is 0 Å². The molecular formula is C46H63NOSi. The minimum Gasteiger partial charge on any atom is -0.376 e. The molecule has 2 aromatic rings. The summed E-state index contributed by atoms with van der Waals surface area (Å²) < 4.78 is 6.12. The molecule has 3 heteroatoms. The van der Waals surface area contributed by atoms with Crippen molar-refractivity contribution < 1.29 is 4.74 Å². The van der Waals surface area contributed by atoms with Crippen molar-refractivity contribution in [2.75, 3.05) is 18.6 Å². The molecular weight excluding hydrogens is 611 g/mol. The monoisotopic (exact) mass is 673 g/mol. The number of hydrogen-bond acceptors (Lipinski definition) is 2. The van der Waals surface area contributed by atoms with Crippen molar-refractivity contribution in [2.45, 2.75) is 127 Å². The third kappa shape index (κ3) is 6.64. The lowest BCUT2D eigenvalue weighted by atomic mass is 9.81. The number of nitrogens with zero attached hydrogens (tertiary/aromatic N) is 1. The van der Waals surface area contributed by atoms with Crippen molar-refractivity contribution in [2.24, 2.45) is 23.7 Å². The van der Waals surface area contributed by atoms with Gasteiger partial charge in [-0.3, -0.25) is 0 Å². The molecule has 9 atom stereocenters. The molecule has 2 nitrogen and oxygen atoms in total. The van der Waals surface area contributed by atoms with Gasteiger partial charge in [0, 0.05) is 25.3 Å². The summed E-state index contributed by atoms with van der Waals surface area (Å²) in [5.41, 5.74) is 9.31. The average Bonchev–Trinajstić information content (AvgIpc) is 3.72. The van der Waals surface area contributed by atoms with Crippen LogP contribution in [-0.2, 0) is 4.74 Å². The second-order valence-electron chi connectivity index (χ2n) is 17.4. The molecule has 4 aliphatic carbocycles. The van der Waals surface area contributed by atoms with E-state index < -0.39 is 8.07 Å². The average molecular weight is 674 g/mol. The minimum absolute atomic E-state index is 0.0447. The topological polar surface area (TPSA) is 12.5 Å². The van der Waals surface area contributed by atoms with Gasteiger partial charge in [-0.1, -0.05) is 149 Å². The Hall–Kier alpha value is -2.62. The molecule has 9 unspecified atom stereocenters. The fraction of sp³-hybridized carbons (Fsp3) is 0.565. The number of rotatable bonds is 14. The number of allylic oxidation sites excluding steroid dienone is 8. The quantitative estimate of drug-likeness (QED) is 0.146. The van der Waals surface area contributed by atoms with E-state index in [9.17, 15) is 0 Å². The van der Waals surface area contributed by atoms with E-state index in [4.69, 9.17) is 4.74 Å².